The van der Waals surface area contributed by atoms with Crippen LogP contribution in [0.15, 0.2) is 12.5 Å². The highest BCUT2D eigenvalue weighted by molar-refractivity contribution is 5.86. The number of aromatic nitrogens is 4. The van der Waals surface area contributed by atoms with Crippen molar-refractivity contribution in [2.24, 2.45) is 5.73 Å². The number of rotatable bonds is 3. The summed E-state index contributed by atoms with van der Waals surface area (Å²) in [7, 11) is 0. The third-order valence-corrected chi connectivity index (χ3v) is 3.47. The summed E-state index contributed by atoms with van der Waals surface area (Å²) in [6.45, 7) is 7.03. The molecular weight excluding hydrogens is 256 g/mol. The van der Waals surface area contributed by atoms with Crippen LogP contribution < -0.4 is 10.6 Å². The molecule has 2 N–H and O–H groups in total. The first kappa shape index (κ1) is 13.3. The number of nitrogens with two attached hydrogens (primary N) is 1. The molecule has 2 atom stereocenters. The van der Waals surface area contributed by atoms with Crippen LogP contribution >= 0.6 is 0 Å². The summed E-state index contributed by atoms with van der Waals surface area (Å²) in [5, 5.41) is 5.33. The van der Waals surface area contributed by atoms with Crippen molar-refractivity contribution in [3.8, 4) is 0 Å². The van der Waals surface area contributed by atoms with E-state index in [-0.39, 0.29) is 12.2 Å². The molecule has 7 heteroatoms. The summed E-state index contributed by atoms with van der Waals surface area (Å²) in [6, 6.07) is 0. The Morgan fingerprint density at radius 3 is 2.75 bits per heavy atom. The summed E-state index contributed by atoms with van der Waals surface area (Å²) in [4.78, 5) is 11.0. The zero-order valence-electron chi connectivity index (χ0n) is 11.9. The maximum atomic E-state index is 5.77. The molecule has 1 saturated heterocycles. The summed E-state index contributed by atoms with van der Waals surface area (Å²) in [5.74, 6) is 0.931. The third kappa shape index (κ3) is 2.34. The van der Waals surface area contributed by atoms with E-state index >= 15 is 0 Å². The molecule has 1 aliphatic rings. The standard InChI is InChI=1S/C13H20N6O/c1-9-6-18(7-10(2)20-9)12-11-5-17-19(4-3-14)13(11)16-8-15-12/h5,8-10H,3-4,6-7,14H2,1-2H3. The van der Waals surface area contributed by atoms with Gasteiger partial charge in [-0.3, -0.25) is 0 Å². The lowest BCUT2D eigenvalue weighted by Crippen LogP contribution is -2.45. The van der Waals surface area contributed by atoms with Gasteiger partial charge in [0.2, 0.25) is 0 Å². The first-order valence-electron chi connectivity index (χ1n) is 6.96. The molecule has 1 fully saturated rings. The molecule has 108 valence electrons. The highest BCUT2D eigenvalue weighted by Crippen LogP contribution is 2.25. The number of nitrogens with zero attached hydrogens (tertiary/aromatic N) is 5. The van der Waals surface area contributed by atoms with E-state index in [4.69, 9.17) is 10.5 Å². The average Bonchev–Trinajstić information content (AvgIpc) is 2.81. The summed E-state index contributed by atoms with van der Waals surface area (Å²) >= 11 is 0. The van der Waals surface area contributed by atoms with Gasteiger partial charge in [0.15, 0.2) is 5.65 Å². The van der Waals surface area contributed by atoms with Gasteiger partial charge in [0, 0.05) is 19.6 Å². The van der Waals surface area contributed by atoms with Crippen molar-refractivity contribution in [3.05, 3.63) is 12.5 Å². The molecule has 0 aromatic carbocycles. The van der Waals surface area contributed by atoms with Crippen LogP contribution in [0.25, 0.3) is 11.0 Å². The number of ether oxygens (including phenoxy) is 1. The number of morpholine rings is 1. The van der Waals surface area contributed by atoms with Crippen molar-refractivity contribution in [3.63, 3.8) is 0 Å². The number of anilines is 1. The molecule has 2 aromatic heterocycles. The Labute approximate surface area is 117 Å². The van der Waals surface area contributed by atoms with Gasteiger partial charge in [-0.05, 0) is 13.8 Å². The van der Waals surface area contributed by atoms with Crippen molar-refractivity contribution >= 4 is 16.9 Å². The van der Waals surface area contributed by atoms with E-state index in [1.54, 1.807) is 6.33 Å². The highest BCUT2D eigenvalue weighted by atomic mass is 16.5. The third-order valence-electron chi connectivity index (χ3n) is 3.47. The van der Waals surface area contributed by atoms with Gasteiger partial charge in [0.1, 0.15) is 12.1 Å². The molecule has 7 nitrogen and oxygen atoms in total. The fourth-order valence-corrected chi connectivity index (χ4v) is 2.77. The molecule has 2 aromatic rings. The lowest BCUT2D eigenvalue weighted by Gasteiger charge is -2.36. The van der Waals surface area contributed by atoms with E-state index in [1.807, 2.05) is 10.9 Å². The Kier molecular flexibility index (Phi) is 3.54. The van der Waals surface area contributed by atoms with Crippen molar-refractivity contribution in [1.29, 1.82) is 0 Å². The molecule has 1 aliphatic heterocycles. The van der Waals surface area contributed by atoms with E-state index in [1.165, 1.54) is 0 Å². The van der Waals surface area contributed by atoms with Crippen LogP contribution in [0.4, 0.5) is 5.82 Å². The smallest absolute Gasteiger partial charge is 0.163 e. The predicted molar refractivity (Wildman–Crippen MR) is 76.6 cm³/mol. The number of hydrogen-bond donors (Lipinski definition) is 1. The first-order chi connectivity index (χ1) is 9.69. The van der Waals surface area contributed by atoms with E-state index < -0.39 is 0 Å². The van der Waals surface area contributed by atoms with E-state index in [9.17, 15) is 0 Å². The van der Waals surface area contributed by atoms with Gasteiger partial charge >= 0.3 is 0 Å². The molecule has 20 heavy (non-hydrogen) atoms. The van der Waals surface area contributed by atoms with E-state index in [0.29, 0.717) is 13.1 Å². The molecule has 0 radical (unpaired) electrons. The molecule has 3 heterocycles. The average molecular weight is 276 g/mol. The van der Waals surface area contributed by atoms with E-state index in [0.717, 1.165) is 29.9 Å². The van der Waals surface area contributed by atoms with Gasteiger partial charge in [-0.25, -0.2) is 14.6 Å². The largest absolute Gasteiger partial charge is 0.372 e. The van der Waals surface area contributed by atoms with Crippen LogP contribution in [-0.4, -0.2) is 51.6 Å². The Morgan fingerprint density at radius 2 is 2.05 bits per heavy atom. The van der Waals surface area contributed by atoms with Crippen LogP contribution in [0.1, 0.15) is 13.8 Å². The summed E-state index contributed by atoms with van der Waals surface area (Å²) < 4.78 is 7.60. The van der Waals surface area contributed by atoms with Crippen LogP contribution in [-0.2, 0) is 11.3 Å². The summed E-state index contributed by atoms with van der Waals surface area (Å²) in [5.41, 5.74) is 6.44. The van der Waals surface area contributed by atoms with Gasteiger partial charge in [-0.1, -0.05) is 0 Å². The van der Waals surface area contributed by atoms with Gasteiger partial charge < -0.3 is 15.4 Å². The van der Waals surface area contributed by atoms with Crippen LogP contribution in [0.5, 0.6) is 0 Å². The predicted octanol–water partition coefficient (Wildman–Crippen LogP) is 0.399. The molecule has 0 saturated carbocycles. The minimum atomic E-state index is 0.197. The maximum Gasteiger partial charge on any atom is 0.163 e. The second-order valence-electron chi connectivity index (χ2n) is 5.25. The highest BCUT2D eigenvalue weighted by Gasteiger charge is 2.25. The normalized spacial score (nSPS) is 23.4. The van der Waals surface area contributed by atoms with Crippen molar-refractivity contribution in [2.75, 3.05) is 24.5 Å². The van der Waals surface area contributed by atoms with Crippen molar-refractivity contribution in [1.82, 2.24) is 19.7 Å². The Morgan fingerprint density at radius 1 is 1.30 bits per heavy atom. The Hall–Kier alpha value is -1.73. The molecule has 0 amide bonds. The van der Waals surface area contributed by atoms with Gasteiger partial charge in [0.25, 0.3) is 0 Å². The zero-order chi connectivity index (χ0) is 14.1. The van der Waals surface area contributed by atoms with Crippen molar-refractivity contribution < 1.29 is 4.74 Å². The van der Waals surface area contributed by atoms with Crippen LogP contribution in [0.3, 0.4) is 0 Å². The Bertz CT molecular complexity index is 588. The number of hydrogen-bond acceptors (Lipinski definition) is 6. The van der Waals surface area contributed by atoms with Gasteiger partial charge in [-0.2, -0.15) is 5.10 Å². The van der Waals surface area contributed by atoms with Crippen LogP contribution in [0.2, 0.25) is 0 Å². The lowest BCUT2D eigenvalue weighted by molar-refractivity contribution is -0.00537. The van der Waals surface area contributed by atoms with Crippen molar-refractivity contribution in [2.45, 2.75) is 32.6 Å². The van der Waals surface area contributed by atoms with E-state index in [2.05, 4.69) is 33.8 Å². The summed E-state index contributed by atoms with van der Waals surface area (Å²) in [6.07, 6.45) is 3.81. The SMILES string of the molecule is CC1CN(c2ncnc3c2cnn3CCN)CC(C)O1. The molecule has 3 rings (SSSR count). The maximum absolute atomic E-state index is 5.77. The monoisotopic (exact) mass is 276 g/mol. The fraction of sp³-hybridized carbons (Fsp3) is 0.615. The fourth-order valence-electron chi connectivity index (χ4n) is 2.77. The zero-order valence-corrected chi connectivity index (χ0v) is 11.9. The number of fused-ring (bicyclic) bond motifs is 1. The minimum Gasteiger partial charge on any atom is -0.372 e. The molecule has 2 unspecified atom stereocenters. The second-order valence-corrected chi connectivity index (χ2v) is 5.25. The van der Waals surface area contributed by atoms with Crippen LogP contribution in [0, 0.1) is 0 Å². The molecular formula is C13H20N6O. The molecule has 0 bridgehead atoms. The molecule has 0 spiro atoms. The Balaban J connectivity index is 1.99. The topological polar surface area (TPSA) is 82.1 Å². The first-order valence-corrected chi connectivity index (χ1v) is 6.96. The molecule has 0 aliphatic carbocycles. The lowest BCUT2D eigenvalue weighted by atomic mass is 10.2. The van der Waals surface area contributed by atoms with Gasteiger partial charge in [0.05, 0.1) is 30.3 Å². The minimum absolute atomic E-state index is 0.197. The quantitative estimate of drug-likeness (QED) is 0.873. The van der Waals surface area contributed by atoms with Gasteiger partial charge in [-0.15, -0.1) is 0 Å². The second kappa shape index (κ2) is 5.34.